The summed E-state index contributed by atoms with van der Waals surface area (Å²) in [7, 11) is -5.16. The van der Waals surface area contributed by atoms with E-state index in [4.69, 9.17) is 41.1 Å². The molecule has 0 saturated carbocycles. The fraction of sp³-hybridized carbons (Fsp3) is 0.207. The van der Waals surface area contributed by atoms with Crippen LogP contribution in [0.4, 0.5) is 10.5 Å². The molecule has 208 valence electrons. The van der Waals surface area contributed by atoms with E-state index in [0.29, 0.717) is 22.1 Å². The van der Waals surface area contributed by atoms with Crippen LogP contribution in [0.2, 0.25) is 0 Å². The van der Waals surface area contributed by atoms with Crippen LogP contribution in [0.15, 0.2) is 69.5 Å². The number of methoxy groups -OCH3 is 2. The van der Waals surface area contributed by atoms with E-state index in [9.17, 15) is 14.9 Å². The number of furan rings is 2. The Bertz CT molecular complexity index is 1860. The van der Waals surface area contributed by atoms with Crippen LogP contribution in [-0.4, -0.2) is 30.3 Å². The molecular formula is C29H27NO10. The van der Waals surface area contributed by atoms with Gasteiger partial charge in [-0.3, -0.25) is 10.1 Å². The summed E-state index contributed by atoms with van der Waals surface area (Å²) in [5, 5.41) is 20.9. The minimum atomic E-state index is -2.64. The quantitative estimate of drug-likeness (QED) is 0.101. The van der Waals surface area contributed by atoms with Crippen LogP contribution in [-0.2, 0) is 18.0 Å². The third kappa shape index (κ3) is 6.51. The van der Waals surface area contributed by atoms with Crippen molar-refractivity contribution in [2.75, 3.05) is 14.1 Å². The molecule has 0 saturated heterocycles. The van der Waals surface area contributed by atoms with Gasteiger partial charge in [-0.25, -0.2) is 4.79 Å². The van der Waals surface area contributed by atoms with Crippen LogP contribution < -0.4 is 14.2 Å². The lowest BCUT2D eigenvalue weighted by atomic mass is 10.1. The first-order valence-electron chi connectivity index (χ1n) is 14.6. The third-order valence-corrected chi connectivity index (χ3v) is 5.51. The molecule has 0 aliphatic heterocycles. The number of aliphatic hydroxyl groups excluding tert-OH is 1. The first-order valence-corrected chi connectivity index (χ1v) is 11.6. The number of rotatable bonds is 7. The van der Waals surface area contributed by atoms with Crippen molar-refractivity contribution in [3.63, 3.8) is 0 Å². The van der Waals surface area contributed by atoms with Crippen LogP contribution in [0, 0.1) is 24.0 Å². The van der Waals surface area contributed by atoms with Crippen LogP contribution >= 0.6 is 0 Å². The van der Waals surface area contributed by atoms with Gasteiger partial charge in [-0.05, 0) is 73.5 Å². The molecular weight excluding hydrogens is 522 g/mol. The topological polar surface area (TPSA) is 144 Å². The summed E-state index contributed by atoms with van der Waals surface area (Å²) in [6, 6.07) is 14.9. The summed E-state index contributed by atoms with van der Waals surface area (Å²) in [5.74, 6) is 0.927. The number of carbonyl (C=O) groups is 1. The Hall–Kier alpha value is -5.03. The molecule has 5 aromatic rings. The van der Waals surface area contributed by atoms with Gasteiger partial charge in [0.1, 0.15) is 23.9 Å². The van der Waals surface area contributed by atoms with Crippen LogP contribution in [0.5, 0.6) is 17.2 Å². The summed E-state index contributed by atoms with van der Waals surface area (Å²) in [6.07, 6.45) is -1.03. The van der Waals surface area contributed by atoms with Gasteiger partial charge < -0.3 is 32.9 Å². The highest BCUT2D eigenvalue weighted by Crippen LogP contribution is 2.31. The lowest BCUT2D eigenvalue weighted by Crippen LogP contribution is -2.10. The summed E-state index contributed by atoms with van der Waals surface area (Å²) in [6.45, 7) is 3.10. The van der Waals surface area contributed by atoms with Gasteiger partial charge in [0, 0.05) is 22.9 Å². The maximum atomic E-state index is 11.8. The molecule has 0 radical (unpaired) electrons. The number of hydrogen-bond acceptors (Lipinski definition) is 10. The molecule has 2 heterocycles. The average molecular weight is 556 g/mol. The fourth-order valence-corrected chi connectivity index (χ4v) is 3.83. The van der Waals surface area contributed by atoms with Crippen molar-refractivity contribution in [2.45, 2.75) is 27.1 Å². The maximum absolute atomic E-state index is 11.8. The largest absolute Gasteiger partial charge is 0.514 e. The Labute approximate surface area is 237 Å². The second-order valence-electron chi connectivity index (χ2n) is 8.54. The number of fused-ring (bicyclic) bond motifs is 2. The van der Waals surface area contributed by atoms with E-state index in [2.05, 4.69) is 0 Å². The number of aliphatic hydroxyl groups is 1. The second-order valence-corrected chi connectivity index (χ2v) is 8.54. The van der Waals surface area contributed by atoms with Crippen molar-refractivity contribution in [1.82, 2.24) is 0 Å². The van der Waals surface area contributed by atoms with E-state index in [-0.39, 0.29) is 47.5 Å². The Morgan fingerprint density at radius 1 is 0.900 bits per heavy atom. The number of nitro benzene ring substituents is 1. The zero-order valence-electron chi connectivity index (χ0n) is 27.3. The van der Waals surface area contributed by atoms with Crippen molar-refractivity contribution in [3.05, 3.63) is 93.4 Å². The van der Waals surface area contributed by atoms with Crippen molar-refractivity contribution in [2.24, 2.45) is 0 Å². The smallest absolute Gasteiger partial charge is 0.493 e. The van der Waals surface area contributed by atoms with Gasteiger partial charge in [-0.1, -0.05) is 0 Å². The molecule has 40 heavy (non-hydrogen) atoms. The van der Waals surface area contributed by atoms with Crippen LogP contribution in [0.1, 0.15) is 30.9 Å². The number of ether oxygens (including phenoxy) is 4. The minimum absolute atomic E-state index is 0.0553. The predicted molar refractivity (Wildman–Crippen MR) is 145 cm³/mol. The lowest BCUT2D eigenvalue weighted by molar-refractivity contribution is -0.384. The SMILES string of the molecule is [2H]C([2H])([2H])Oc1cc(C)cc2cc(CO)oc12.[2H]C([2H])([2H])Oc1cc(C)cc2cc(COC(=O)Oc3ccc([N+](=O)[O-])cc3)oc12. The van der Waals surface area contributed by atoms with E-state index in [1.165, 1.54) is 30.3 Å². The first-order chi connectivity index (χ1) is 21.5. The van der Waals surface area contributed by atoms with E-state index in [1.807, 2.05) is 13.0 Å². The van der Waals surface area contributed by atoms with Gasteiger partial charge in [0.15, 0.2) is 29.3 Å². The van der Waals surface area contributed by atoms with Crippen molar-refractivity contribution in [3.8, 4) is 17.2 Å². The summed E-state index contributed by atoms with van der Waals surface area (Å²) < 4.78 is 73.6. The highest BCUT2D eigenvalue weighted by Gasteiger charge is 2.14. The highest BCUT2D eigenvalue weighted by molar-refractivity contribution is 5.85. The molecule has 11 nitrogen and oxygen atoms in total. The Morgan fingerprint density at radius 2 is 1.45 bits per heavy atom. The lowest BCUT2D eigenvalue weighted by Gasteiger charge is -2.04. The standard InChI is InChI=1S/C18H15NO7.C11H12O3/c1-11-7-12-9-15(25-17(12)16(8-11)23-2)10-24-18(20)26-14-5-3-13(4-6-14)19(21)22;1-7-3-8-5-9(6-12)14-11(8)10(4-7)13-2/h3-9H,10H2,1-2H3;3-5,12H,6H2,1-2H3/i2*2D3. The Morgan fingerprint density at radius 3 is 1.98 bits per heavy atom. The molecule has 11 heteroatoms. The molecule has 1 N–H and O–H groups in total. The van der Waals surface area contributed by atoms with Gasteiger partial charge in [0.05, 0.1) is 27.2 Å². The van der Waals surface area contributed by atoms with Crippen molar-refractivity contribution < 1.29 is 50.8 Å². The van der Waals surface area contributed by atoms with Gasteiger partial charge in [-0.15, -0.1) is 0 Å². The third-order valence-electron chi connectivity index (χ3n) is 5.51. The molecule has 0 aliphatic carbocycles. The molecule has 0 aliphatic rings. The number of nitrogens with zero attached hydrogens (tertiary/aromatic N) is 1. The molecule has 0 amide bonds. The zero-order valence-corrected chi connectivity index (χ0v) is 21.3. The van der Waals surface area contributed by atoms with Gasteiger partial charge in [0.25, 0.3) is 5.69 Å². The maximum Gasteiger partial charge on any atom is 0.514 e. The van der Waals surface area contributed by atoms with E-state index in [0.717, 1.165) is 11.1 Å². The van der Waals surface area contributed by atoms with Crippen LogP contribution in [0.25, 0.3) is 21.9 Å². The number of nitro groups is 1. The Balaban J connectivity index is 0.000000240. The number of aryl methyl sites for hydroxylation is 2. The average Bonchev–Trinajstić information content (AvgIpc) is 3.55. The Kier molecular flexibility index (Phi) is 6.38. The fourth-order valence-electron chi connectivity index (χ4n) is 3.83. The molecule has 0 fully saturated rings. The summed E-state index contributed by atoms with van der Waals surface area (Å²) in [5.41, 5.74) is 2.05. The molecule has 0 bridgehead atoms. The van der Waals surface area contributed by atoms with E-state index in [1.54, 1.807) is 31.2 Å². The second kappa shape index (κ2) is 12.2. The normalized spacial score (nSPS) is 13.5. The van der Waals surface area contributed by atoms with Gasteiger partial charge in [0.2, 0.25) is 0 Å². The van der Waals surface area contributed by atoms with Crippen molar-refractivity contribution >= 4 is 33.8 Å². The number of carbonyl (C=O) groups excluding carboxylic acids is 1. The minimum Gasteiger partial charge on any atom is -0.493 e. The molecule has 5 rings (SSSR count). The molecule has 0 unspecified atom stereocenters. The van der Waals surface area contributed by atoms with Crippen molar-refractivity contribution in [1.29, 1.82) is 0 Å². The summed E-state index contributed by atoms with van der Waals surface area (Å²) in [4.78, 5) is 21.8. The predicted octanol–water partition coefficient (Wildman–Crippen LogP) is 6.62. The highest BCUT2D eigenvalue weighted by atomic mass is 16.7. The molecule has 2 aromatic heterocycles. The molecule has 0 atom stereocenters. The number of benzene rings is 3. The number of hydrogen-bond donors (Lipinski definition) is 1. The number of non-ortho nitro benzene ring substituents is 1. The van der Waals surface area contributed by atoms with Gasteiger partial charge in [-0.2, -0.15) is 0 Å². The zero-order chi connectivity index (χ0) is 33.8. The van der Waals surface area contributed by atoms with Crippen LogP contribution in [0.3, 0.4) is 0 Å². The van der Waals surface area contributed by atoms with Gasteiger partial charge >= 0.3 is 6.16 Å². The summed E-state index contributed by atoms with van der Waals surface area (Å²) >= 11 is 0. The van der Waals surface area contributed by atoms with E-state index >= 15 is 0 Å². The molecule has 0 spiro atoms. The molecule has 3 aromatic carbocycles. The monoisotopic (exact) mass is 555 g/mol. The van der Waals surface area contributed by atoms with E-state index < -0.39 is 25.2 Å². The first kappa shape index (κ1) is 20.9.